The van der Waals surface area contributed by atoms with Crippen LogP contribution in [0.5, 0.6) is 5.75 Å². The van der Waals surface area contributed by atoms with Crippen LogP contribution in [0.2, 0.25) is 0 Å². The largest absolute Gasteiger partial charge is 0.507 e. The van der Waals surface area contributed by atoms with Crippen LogP contribution in [-0.4, -0.2) is 37.4 Å². The van der Waals surface area contributed by atoms with Gasteiger partial charge in [-0.25, -0.2) is 4.99 Å². The number of aryl methyl sites for hydroxylation is 2. The number of benzene rings is 1. The number of ether oxygens (including phenoxy) is 1. The van der Waals surface area contributed by atoms with Crippen molar-refractivity contribution < 1.29 is 9.84 Å². The van der Waals surface area contributed by atoms with Crippen LogP contribution < -0.4 is 10.6 Å². The Hall–Kier alpha value is -1.75. The molecule has 0 amide bonds. The van der Waals surface area contributed by atoms with Gasteiger partial charge in [-0.2, -0.15) is 0 Å². The van der Waals surface area contributed by atoms with E-state index >= 15 is 0 Å². The van der Waals surface area contributed by atoms with E-state index in [-0.39, 0.29) is 0 Å². The van der Waals surface area contributed by atoms with Gasteiger partial charge in [0.15, 0.2) is 5.96 Å². The molecule has 5 heteroatoms. The summed E-state index contributed by atoms with van der Waals surface area (Å²) in [6.07, 6.45) is 0. The van der Waals surface area contributed by atoms with Gasteiger partial charge in [-0.1, -0.05) is 12.1 Å². The molecule has 0 aromatic heterocycles. The molecule has 0 saturated heterocycles. The highest BCUT2D eigenvalue weighted by atomic mass is 16.5. The van der Waals surface area contributed by atoms with Gasteiger partial charge < -0.3 is 20.5 Å². The summed E-state index contributed by atoms with van der Waals surface area (Å²) in [7, 11) is 0. The number of guanidine groups is 1. The van der Waals surface area contributed by atoms with Gasteiger partial charge in [0.25, 0.3) is 0 Å². The average molecular weight is 293 g/mol. The lowest BCUT2D eigenvalue weighted by Gasteiger charge is -2.12. The van der Waals surface area contributed by atoms with Gasteiger partial charge in [-0.05, 0) is 44.4 Å². The summed E-state index contributed by atoms with van der Waals surface area (Å²) >= 11 is 0. The zero-order valence-corrected chi connectivity index (χ0v) is 13.5. The van der Waals surface area contributed by atoms with Crippen molar-refractivity contribution in [3.8, 4) is 5.75 Å². The molecule has 0 saturated carbocycles. The van der Waals surface area contributed by atoms with Gasteiger partial charge in [0.05, 0.1) is 13.2 Å². The molecule has 1 rings (SSSR count). The zero-order chi connectivity index (χ0) is 15.7. The topological polar surface area (TPSA) is 65.9 Å². The quantitative estimate of drug-likeness (QED) is 0.409. The number of hydrogen-bond donors (Lipinski definition) is 3. The minimum atomic E-state index is 0.365. The summed E-state index contributed by atoms with van der Waals surface area (Å²) in [5.41, 5.74) is 2.86. The van der Waals surface area contributed by atoms with Crippen LogP contribution in [0.4, 0.5) is 0 Å². The first kappa shape index (κ1) is 17.3. The molecule has 21 heavy (non-hydrogen) atoms. The summed E-state index contributed by atoms with van der Waals surface area (Å²) in [6, 6.07) is 3.94. The van der Waals surface area contributed by atoms with E-state index in [0.717, 1.165) is 42.3 Å². The van der Waals surface area contributed by atoms with Crippen LogP contribution in [0.15, 0.2) is 17.1 Å². The molecule has 0 fully saturated rings. The smallest absolute Gasteiger partial charge is 0.191 e. The number of aliphatic imine (C=N–C) groups is 1. The lowest BCUT2D eigenvalue weighted by Crippen LogP contribution is -2.39. The first-order chi connectivity index (χ1) is 10.1. The second kappa shape index (κ2) is 9.23. The first-order valence-corrected chi connectivity index (χ1v) is 7.47. The number of nitrogens with zero attached hydrogens (tertiary/aromatic N) is 1. The lowest BCUT2D eigenvalue weighted by molar-refractivity contribution is 0.152. The van der Waals surface area contributed by atoms with E-state index in [0.29, 0.717) is 18.9 Å². The number of nitrogens with one attached hydrogen (secondary N) is 2. The first-order valence-electron chi connectivity index (χ1n) is 7.47. The lowest BCUT2D eigenvalue weighted by atomic mass is 10.1. The van der Waals surface area contributed by atoms with E-state index < -0.39 is 0 Å². The Morgan fingerprint density at radius 3 is 2.43 bits per heavy atom. The predicted octanol–water partition coefficient (Wildman–Crippen LogP) is 2.10. The van der Waals surface area contributed by atoms with Crippen LogP contribution >= 0.6 is 0 Å². The van der Waals surface area contributed by atoms with Crippen LogP contribution in [0.3, 0.4) is 0 Å². The molecule has 0 heterocycles. The Labute approximate surface area is 127 Å². The third-order valence-corrected chi connectivity index (χ3v) is 3.06. The van der Waals surface area contributed by atoms with E-state index in [1.54, 1.807) is 0 Å². The fourth-order valence-corrected chi connectivity index (χ4v) is 2.03. The molecule has 0 aliphatic heterocycles. The van der Waals surface area contributed by atoms with Gasteiger partial charge in [-0.15, -0.1) is 0 Å². The fourth-order valence-electron chi connectivity index (χ4n) is 2.03. The summed E-state index contributed by atoms with van der Waals surface area (Å²) in [5.74, 6) is 1.14. The van der Waals surface area contributed by atoms with Crippen molar-refractivity contribution >= 4 is 5.96 Å². The van der Waals surface area contributed by atoms with E-state index in [1.165, 1.54) is 0 Å². The van der Waals surface area contributed by atoms with Crippen molar-refractivity contribution in [2.24, 2.45) is 4.99 Å². The highest BCUT2D eigenvalue weighted by Gasteiger charge is 2.03. The minimum Gasteiger partial charge on any atom is -0.507 e. The Kier molecular flexibility index (Phi) is 7.61. The molecule has 0 aliphatic carbocycles. The van der Waals surface area contributed by atoms with E-state index in [9.17, 15) is 5.11 Å². The molecule has 1 aromatic carbocycles. The Bertz CT molecular complexity index is 450. The standard InChI is InChI=1S/C16H27N3O2/c1-5-17-16(18-7-8-21-6-2)19-11-14-9-12(3)15(20)13(4)10-14/h9-10,20H,5-8,11H2,1-4H3,(H2,17,18,19). The number of aromatic hydroxyl groups is 1. The van der Waals surface area contributed by atoms with Crippen LogP contribution in [0.1, 0.15) is 30.5 Å². The molecule has 3 N–H and O–H groups in total. The van der Waals surface area contributed by atoms with Crippen molar-refractivity contribution in [3.63, 3.8) is 0 Å². The Morgan fingerprint density at radius 1 is 1.19 bits per heavy atom. The molecular formula is C16H27N3O2. The fraction of sp³-hybridized carbons (Fsp3) is 0.562. The second-order valence-corrected chi connectivity index (χ2v) is 4.90. The molecule has 0 unspecified atom stereocenters. The maximum Gasteiger partial charge on any atom is 0.191 e. The summed E-state index contributed by atoms with van der Waals surface area (Å²) in [4.78, 5) is 4.55. The van der Waals surface area contributed by atoms with E-state index in [2.05, 4.69) is 15.6 Å². The maximum atomic E-state index is 9.78. The summed E-state index contributed by atoms with van der Waals surface area (Å²) in [5, 5.41) is 16.2. The van der Waals surface area contributed by atoms with Crippen molar-refractivity contribution in [3.05, 3.63) is 28.8 Å². The van der Waals surface area contributed by atoms with E-state index in [1.807, 2.05) is 39.8 Å². The van der Waals surface area contributed by atoms with Crippen molar-refractivity contribution in [1.82, 2.24) is 10.6 Å². The molecule has 0 radical (unpaired) electrons. The predicted molar refractivity (Wildman–Crippen MR) is 86.9 cm³/mol. The third kappa shape index (κ3) is 6.04. The maximum absolute atomic E-state index is 9.78. The van der Waals surface area contributed by atoms with E-state index in [4.69, 9.17) is 4.74 Å². The molecule has 5 nitrogen and oxygen atoms in total. The molecule has 118 valence electrons. The van der Waals surface area contributed by atoms with Crippen LogP contribution in [0, 0.1) is 13.8 Å². The summed E-state index contributed by atoms with van der Waals surface area (Å²) in [6.45, 7) is 11.3. The SMILES string of the molecule is CCNC(=NCc1cc(C)c(O)c(C)c1)NCCOCC. The third-order valence-electron chi connectivity index (χ3n) is 3.06. The van der Waals surface area contributed by atoms with Crippen LogP contribution in [-0.2, 0) is 11.3 Å². The number of hydrogen-bond acceptors (Lipinski definition) is 3. The minimum absolute atomic E-state index is 0.365. The van der Waals surface area contributed by atoms with Crippen molar-refractivity contribution in [2.75, 3.05) is 26.3 Å². The highest BCUT2D eigenvalue weighted by molar-refractivity contribution is 5.79. The summed E-state index contributed by atoms with van der Waals surface area (Å²) < 4.78 is 5.30. The van der Waals surface area contributed by atoms with Crippen molar-refractivity contribution in [2.45, 2.75) is 34.2 Å². The zero-order valence-electron chi connectivity index (χ0n) is 13.5. The number of phenolic OH excluding ortho intramolecular Hbond substituents is 1. The second-order valence-electron chi connectivity index (χ2n) is 4.90. The molecule has 0 bridgehead atoms. The van der Waals surface area contributed by atoms with Crippen molar-refractivity contribution in [1.29, 1.82) is 0 Å². The average Bonchev–Trinajstić information content (AvgIpc) is 2.46. The normalized spacial score (nSPS) is 11.5. The van der Waals surface area contributed by atoms with Gasteiger partial charge >= 0.3 is 0 Å². The molecule has 1 aromatic rings. The Balaban J connectivity index is 2.64. The number of rotatable bonds is 7. The molecule has 0 aliphatic rings. The monoisotopic (exact) mass is 293 g/mol. The van der Waals surface area contributed by atoms with Gasteiger partial charge in [-0.3, -0.25) is 0 Å². The Morgan fingerprint density at radius 2 is 1.86 bits per heavy atom. The number of phenols is 1. The molecule has 0 atom stereocenters. The highest BCUT2D eigenvalue weighted by Crippen LogP contribution is 2.23. The molecule has 0 spiro atoms. The van der Waals surface area contributed by atoms with Crippen LogP contribution in [0.25, 0.3) is 0 Å². The molecular weight excluding hydrogens is 266 g/mol. The van der Waals surface area contributed by atoms with Gasteiger partial charge in [0.1, 0.15) is 5.75 Å². The van der Waals surface area contributed by atoms with Gasteiger partial charge in [0.2, 0.25) is 0 Å². The van der Waals surface area contributed by atoms with Gasteiger partial charge in [0, 0.05) is 19.7 Å².